The molecule has 0 spiro atoms. The van der Waals surface area contributed by atoms with Crippen LogP contribution in [0.15, 0.2) is 42.5 Å². The van der Waals surface area contributed by atoms with Crippen LogP contribution >= 0.6 is 0 Å². The van der Waals surface area contributed by atoms with E-state index in [1.165, 1.54) is 0 Å². The zero-order valence-electron chi connectivity index (χ0n) is 7.37. The third-order valence-corrected chi connectivity index (χ3v) is 1.68. The summed E-state index contributed by atoms with van der Waals surface area (Å²) >= 11 is 0. The Kier molecular flexibility index (Phi) is 5.02. The van der Waals surface area contributed by atoms with Crippen molar-refractivity contribution < 1.29 is 0 Å². The average molecular weight is 159 g/mol. The topological polar surface area (TPSA) is 0 Å². The van der Waals surface area contributed by atoms with E-state index < -0.39 is 0 Å². The van der Waals surface area contributed by atoms with E-state index >= 15 is 0 Å². The van der Waals surface area contributed by atoms with Crippen LogP contribution in [0.25, 0.3) is 0 Å². The molecule has 0 aliphatic heterocycles. The summed E-state index contributed by atoms with van der Waals surface area (Å²) in [5.74, 6) is 0. The summed E-state index contributed by atoms with van der Waals surface area (Å²) in [5, 5.41) is 0. The molecule has 0 atom stereocenters. The molecule has 12 heavy (non-hydrogen) atoms. The van der Waals surface area contributed by atoms with Gasteiger partial charge in [0, 0.05) is 0 Å². The molecule has 1 aliphatic carbocycles. The number of hydrogen-bond donors (Lipinski definition) is 0. The van der Waals surface area contributed by atoms with Crippen LogP contribution in [-0.2, 0) is 0 Å². The number of hydrogen-bond acceptors (Lipinski definition) is 0. The predicted molar refractivity (Wildman–Crippen MR) is 53.7 cm³/mol. The molecular formula is C12H15. The van der Waals surface area contributed by atoms with Crippen molar-refractivity contribution in [2.24, 2.45) is 0 Å². The Balaban J connectivity index is 2.41. The molecule has 0 aromatic heterocycles. The lowest BCUT2D eigenvalue weighted by molar-refractivity contribution is 1.04. The van der Waals surface area contributed by atoms with Crippen molar-refractivity contribution in [1.29, 1.82) is 0 Å². The second kappa shape index (κ2) is 6.66. The Bertz CT molecular complexity index is 204. The Morgan fingerprint density at radius 3 is 2.67 bits per heavy atom. The van der Waals surface area contributed by atoms with Gasteiger partial charge in [0.1, 0.15) is 0 Å². The van der Waals surface area contributed by atoms with Crippen LogP contribution in [0.3, 0.4) is 0 Å². The van der Waals surface area contributed by atoms with Crippen LogP contribution < -0.4 is 0 Å². The highest BCUT2D eigenvalue weighted by Gasteiger charge is 1.78. The maximum Gasteiger partial charge on any atom is -0.00946 e. The van der Waals surface area contributed by atoms with Gasteiger partial charge in [-0.2, -0.15) is 0 Å². The summed E-state index contributed by atoms with van der Waals surface area (Å²) < 4.78 is 0. The highest BCUT2D eigenvalue weighted by molar-refractivity contribution is 5.05. The second-order valence-corrected chi connectivity index (χ2v) is 2.75. The molecule has 0 nitrogen and oxygen atoms in total. The predicted octanol–water partition coefficient (Wildman–Crippen LogP) is 3.59. The van der Waals surface area contributed by atoms with Gasteiger partial charge in [-0.25, -0.2) is 0 Å². The van der Waals surface area contributed by atoms with Crippen molar-refractivity contribution in [1.82, 2.24) is 0 Å². The summed E-state index contributed by atoms with van der Waals surface area (Å²) in [5.41, 5.74) is 0. The number of rotatable bonds is 0. The van der Waals surface area contributed by atoms with Gasteiger partial charge in [0.15, 0.2) is 0 Å². The van der Waals surface area contributed by atoms with Crippen molar-refractivity contribution in [2.45, 2.75) is 25.7 Å². The first-order chi connectivity index (χ1) is 6.00. The van der Waals surface area contributed by atoms with Crippen LogP contribution in [0.5, 0.6) is 0 Å². The van der Waals surface area contributed by atoms with Gasteiger partial charge >= 0.3 is 0 Å². The zero-order chi connectivity index (χ0) is 8.49. The largest absolute Gasteiger partial charge is 0.0879 e. The van der Waals surface area contributed by atoms with Crippen molar-refractivity contribution >= 4 is 0 Å². The Labute approximate surface area is 75.0 Å². The second-order valence-electron chi connectivity index (χ2n) is 2.75. The molecule has 0 amide bonds. The van der Waals surface area contributed by atoms with Crippen LogP contribution in [0.2, 0.25) is 0 Å². The van der Waals surface area contributed by atoms with Gasteiger partial charge in [-0.3, -0.25) is 0 Å². The first kappa shape index (κ1) is 9.05. The highest BCUT2D eigenvalue weighted by Crippen LogP contribution is 1.98. The third kappa shape index (κ3) is 4.73. The Morgan fingerprint density at radius 2 is 1.67 bits per heavy atom. The fourth-order valence-corrected chi connectivity index (χ4v) is 1.03. The summed E-state index contributed by atoms with van der Waals surface area (Å²) in [6.07, 6.45) is 22.5. The summed E-state index contributed by atoms with van der Waals surface area (Å²) in [6, 6.07) is 0. The smallest absolute Gasteiger partial charge is 0.00946 e. The van der Waals surface area contributed by atoms with E-state index in [4.69, 9.17) is 0 Å². The lowest BCUT2D eigenvalue weighted by Gasteiger charge is -1.87. The molecule has 0 bridgehead atoms. The average Bonchev–Trinajstić information content (AvgIpc) is 2.05. The zero-order valence-corrected chi connectivity index (χ0v) is 7.37. The van der Waals surface area contributed by atoms with E-state index in [-0.39, 0.29) is 0 Å². The summed E-state index contributed by atoms with van der Waals surface area (Å²) in [7, 11) is 0. The summed E-state index contributed by atoms with van der Waals surface area (Å²) in [6.45, 7) is 0. The van der Waals surface area contributed by atoms with E-state index in [2.05, 4.69) is 48.6 Å². The monoisotopic (exact) mass is 159 g/mol. The standard InChI is InChI=1S/C12H15/c1-2-4-6-8-10-12-11-9-7-5-3-1/h1-4,9-11H,5-7,12H2/b3-1-,4-2+,10-8?,11-9-. The highest BCUT2D eigenvalue weighted by atomic mass is 13.8. The SMILES string of the molecule is [C]1=C/C/C=C\CC/C=C\C=C\C/1. The fourth-order valence-electron chi connectivity index (χ4n) is 1.03. The van der Waals surface area contributed by atoms with Crippen molar-refractivity contribution in [2.75, 3.05) is 0 Å². The third-order valence-electron chi connectivity index (χ3n) is 1.68. The van der Waals surface area contributed by atoms with E-state index in [0.29, 0.717) is 0 Å². The lowest BCUT2D eigenvalue weighted by Crippen LogP contribution is -1.67. The van der Waals surface area contributed by atoms with E-state index in [9.17, 15) is 0 Å². The molecule has 0 fully saturated rings. The molecule has 0 heteroatoms. The molecular weight excluding hydrogens is 144 g/mol. The first-order valence-electron chi connectivity index (χ1n) is 4.52. The lowest BCUT2D eigenvalue weighted by atomic mass is 10.2. The van der Waals surface area contributed by atoms with E-state index in [0.717, 1.165) is 25.7 Å². The Morgan fingerprint density at radius 1 is 0.833 bits per heavy atom. The molecule has 1 radical (unpaired) electrons. The van der Waals surface area contributed by atoms with Crippen molar-refractivity contribution in [3.8, 4) is 0 Å². The van der Waals surface area contributed by atoms with Gasteiger partial charge in [0.25, 0.3) is 0 Å². The van der Waals surface area contributed by atoms with Crippen molar-refractivity contribution in [3.05, 3.63) is 48.6 Å². The molecule has 1 aliphatic rings. The van der Waals surface area contributed by atoms with Crippen LogP contribution in [0.1, 0.15) is 25.7 Å². The number of allylic oxidation sites excluding steroid dienone is 8. The molecule has 0 aromatic carbocycles. The molecule has 0 heterocycles. The minimum absolute atomic E-state index is 0.929. The van der Waals surface area contributed by atoms with Crippen LogP contribution in [0, 0.1) is 6.08 Å². The van der Waals surface area contributed by atoms with Gasteiger partial charge in [-0.1, -0.05) is 42.5 Å². The van der Waals surface area contributed by atoms with Crippen LogP contribution in [-0.4, -0.2) is 0 Å². The minimum Gasteiger partial charge on any atom is -0.0879 e. The molecule has 0 saturated carbocycles. The molecule has 0 saturated heterocycles. The van der Waals surface area contributed by atoms with Gasteiger partial charge in [0.05, 0.1) is 0 Å². The van der Waals surface area contributed by atoms with E-state index in [1.807, 2.05) is 0 Å². The molecule has 0 aromatic rings. The van der Waals surface area contributed by atoms with Gasteiger partial charge < -0.3 is 0 Å². The maximum atomic E-state index is 3.21. The Hall–Kier alpha value is -1.04. The van der Waals surface area contributed by atoms with E-state index in [1.54, 1.807) is 0 Å². The van der Waals surface area contributed by atoms with Gasteiger partial charge in [-0.05, 0) is 31.8 Å². The van der Waals surface area contributed by atoms with Crippen molar-refractivity contribution in [3.63, 3.8) is 0 Å². The molecule has 0 unspecified atom stereocenters. The maximum absolute atomic E-state index is 3.21. The molecule has 1 rings (SSSR count). The molecule has 0 N–H and O–H groups in total. The quantitative estimate of drug-likeness (QED) is 0.474. The molecule has 63 valence electrons. The minimum atomic E-state index is 0.929. The first-order valence-corrected chi connectivity index (χ1v) is 4.52. The summed E-state index contributed by atoms with van der Waals surface area (Å²) in [4.78, 5) is 0. The fraction of sp³-hybridized carbons (Fsp3) is 0.333. The van der Waals surface area contributed by atoms with Gasteiger partial charge in [0.2, 0.25) is 0 Å². The van der Waals surface area contributed by atoms with Gasteiger partial charge in [-0.15, -0.1) is 0 Å². The van der Waals surface area contributed by atoms with Crippen LogP contribution in [0.4, 0.5) is 0 Å². The normalized spacial score (nSPS) is 29.3.